The van der Waals surface area contributed by atoms with E-state index < -0.39 is 0 Å². The van der Waals surface area contributed by atoms with Gasteiger partial charge in [0.2, 0.25) is 0 Å². The molecule has 2 fully saturated rings. The van der Waals surface area contributed by atoms with Gasteiger partial charge in [0, 0.05) is 23.0 Å². The summed E-state index contributed by atoms with van der Waals surface area (Å²) in [6, 6.07) is 6.59. The Morgan fingerprint density at radius 2 is 1.92 bits per heavy atom. The van der Waals surface area contributed by atoms with Crippen LogP contribution in [-0.2, 0) is 0 Å². The molecule has 1 aromatic heterocycles. The van der Waals surface area contributed by atoms with Crippen LogP contribution in [0.5, 0.6) is 0 Å². The van der Waals surface area contributed by atoms with Gasteiger partial charge in [0.1, 0.15) is 5.58 Å². The monoisotopic (exact) mass is 326 g/mol. The topological polar surface area (TPSA) is 68.3 Å². The van der Waals surface area contributed by atoms with E-state index in [-0.39, 0.29) is 11.9 Å². The zero-order valence-corrected chi connectivity index (χ0v) is 14.5. The first-order valence-corrected chi connectivity index (χ1v) is 9.09. The first-order valence-electron chi connectivity index (χ1n) is 9.09. The standard InChI is InChI=1S/C20H26N2O2/c1-11-5-3-8-16-12(2)19(24-18(11)16)20(23)22-17-13-6-4-7-14(17)10-15(21)9-13/h3,5,8,13-15,17H,4,6-7,9-10,21H2,1-2H3,(H,22,23). The van der Waals surface area contributed by atoms with Crippen LogP contribution in [0.4, 0.5) is 0 Å². The van der Waals surface area contributed by atoms with E-state index in [4.69, 9.17) is 10.2 Å². The molecule has 2 atom stereocenters. The summed E-state index contributed by atoms with van der Waals surface area (Å²) in [6.07, 6.45) is 5.66. The molecular weight excluding hydrogens is 300 g/mol. The van der Waals surface area contributed by atoms with Crippen molar-refractivity contribution in [2.75, 3.05) is 0 Å². The lowest BCUT2D eigenvalue weighted by molar-refractivity contribution is 0.0733. The summed E-state index contributed by atoms with van der Waals surface area (Å²) in [5, 5.41) is 4.32. The quantitative estimate of drug-likeness (QED) is 0.884. The van der Waals surface area contributed by atoms with Gasteiger partial charge in [-0.1, -0.05) is 24.6 Å². The van der Waals surface area contributed by atoms with Crippen molar-refractivity contribution in [2.24, 2.45) is 17.6 Å². The number of nitrogens with one attached hydrogen (secondary N) is 1. The highest BCUT2D eigenvalue weighted by molar-refractivity contribution is 5.99. The van der Waals surface area contributed by atoms with Crippen LogP contribution in [0, 0.1) is 25.7 Å². The van der Waals surface area contributed by atoms with Gasteiger partial charge in [-0.3, -0.25) is 4.79 Å². The Balaban J connectivity index is 1.61. The van der Waals surface area contributed by atoms with Crippen molar-refractivity contribution in [1.29, 1.82) is 0 Å². The van der Waals surface area contributed by atoms with E-state index >= 15 is 0 Å². The lowest BCUT2D eigenvalue weighted by atomic mass is 9.67. The molecule has 24 heavy (non-hydrogen) atoms. The second-order valence-corrected chi connectivity index (χ2v) is 7.69. The number of amides is 1. The van der Waals surface area contributed by atoms with Crippen LogP contribution in [0.15, 0.2) is 22.6 Å². The summed E-state index contributed by atoms with van der Waals surface area (Å²) in [6.45, 7) is 3.98. The second kappa shape index (κ2) is 5.92. The van der Waals surface area contributed by atoms with Gasteiger partial charge in [0.05, 0.1) is 0 Å². The van der Waals surface area contributed by atoms with Crippen molar-refractivity contribution in [2.45, 2.75) is 58.0 Å². The number of hydrogen-bond acceptors (Lipinski definition) is 3. The van der Waals surface area contributed by atoms with Crippen LogP contribution in [0.3, 0.4) is 0 Å². The first kappa shape index (κ1) is 15.7. The normalized spacial score (nSPS) is 29.6. The van der Waals surface area contributed by atoms with E-state index in [0.29, 0.717) is 23.6 Å². The fourth-order valence-corrected chi connectivity index (χ4v) is 4.84. The summed E-state index contributed by atoms with van der Waals surface area (Å²) in [5.74, 6) is 1.43. The maximum absolute atomic E-state index is 12.9. The summed E-state index contributed by atoms with van der Waals surface area (Å²) < 4.78 is 5.94. The van der Waals surface area contributed by atoms with Crippen molar-refractivity contribution in [3.63, 3.8) is 0 Å². The number of furan rings is 1. The molecule has 0 aliphatic heterocycles. The van der Waals surface area contributed by atoms with Crippen molar-refractivity contribution in [1.82, 2.24) is 5.32 Å². The van der Waals surface area contributed by atoms with Gasteiger partial charge in [-0.2, -0.15) is 0 Å². The number of aryl methyl sites for hydroxylation is 2. The lowest BCUT2D eigenvalue weighted by Gasteiger charge is -2.45. The molecule has 0 saturated heterocycles. The van der Waals surface area contributed by atoms with Crippen LogP contribution in [-0.4, -0.2) is 18.0 Å². The van der Waals surface area contributed by atoms with Crippen molar-refractivity contribution < 1.29 is 9.21 Å². The number of para-hydroxylation sites is 1. The Kier molecular flexibility index (Phi) is 3.87. The molecule has 2 aromatic rings. The molecule has 1 amide bonds. The molecule has 1 aromatic carbocycles. The van der Waals surface area contributed by atoms with Crippen LogP contribution in [0.25, 0.3) is 11.0 Å². The predicted molar refractivity (Wildman–Crippen MR) is 95.0 cm³/mol. The number of carbonyl (C=O) groups is 1. The van der Waals surface area contributed by atoms with E-state index in [1.165, 1.54) is 19.3 Å². The third-order valence-electron chi connectivity index (χ3n) is 6.04. The number of benzene rings is 1. The minimum Gasteiger partial charge on any atom is -0.450 e. The number of rotatable bonds is 2. The predicted octanol–water partition coefficient (Wildman–Crippen LogP) is 3.69. The molecule has 0 spiro atoms. The molecule has 0 radical (unpaired) electrons. The fourth-order valence-electron chi connectivity index (χ4n) is 4.84. The molecule has 4 nitrogen and oxygen atoms in total. The Bertz CT molecular complexity index is 765. The Morgan fingerprint density at radius 3 is 2.58 bits per heavy atom. The second-order valence-electron chi connectivity index (χ2n) is 7.69. The van der Waals surface area contributed by atoms with Crippen LogP contribution in [0.1, 0.15) is 53.8 Å². The van der Waals surface area contributed by atoms with Crippen molar-refractivity contribution in [3.05, 3.63) is 35.1 Å². The minimum atomic E-state index is -0.0690. The van der Waals surface area contributed by atoms with E-state index in [2.05, 4.69) is 5.32 Å². The molecular formula is C20H26N2O2. The molecule has 4 rings (SSSR count). The smallest absolute Gasteiger partial charge is 0.287 e. The van der Waals surface area contributed by atoms with E-state index in [1.54, 1.807) is 0 Å². The zero-order chi connectivity index (χ0) is 16.8. The molecule has 1 heterocycles. The van der Waals surface area contributed by atoms with Gasteiger partial charge < -0.3 is 15.5 Å². The molecule has 128 valence electrons. The van der Waals surface area contributed by atoms with Gasteiger partial charge >= 0.3 is 0 Å². The third-order valence-corrected chi connectivity index (χ3v) is 6.04. The van der Waals surface area contributed by atoms with Gasteiger partial charge in [-0.05, 0) is 56.9 Å². The highest BCUT2D eigenvalue weighted by Crippen LogP contribution is 2.40. The maximum Gasteiger partial charge on any atom is 0.287 e. The number of hydrogen-bond donors (Lipinski definition) is 2. The average Bonchev–Trinajstić information content (AvgIpc) is 2.87. The van der Waals surface area contributed by atoms with E-state index in [9.17, 15) is 4.79 Å². The number of fused-ring (bicyclic) bond motifs is 3. The van der Waals surface area contributed by atoms with E-state index in [0.717, 1.165) is 34.9 Å². The van der Waals surface area contributed by atoms with Crippen molar-refractivity contribution in [3.8, 4) is 0 Å². The molecule has 2 unspecified atom stereocenters. The Hall–Kier alpha value is -1.81. The SMILES string of the molecule is Cc1c(C(=O)NC2C3CCCC2CC(N)C3)oc2c(C)cccc12. The molecule has 3 N–H and O–H groups in total. The summed E-state index contributed by atoms with van der Waals surface area (Å²) >= 11 is 0. The highest BCUT2D eigenvalue weighted by Gasteiger charge is 2.40. The molecule has 2 aliphatic carbocycles. The largest absolute Gasteiger partial charge is 0.450 e. The van der Waals surface area contributed by atoms with E-state index in [1.807, 2.05) is 32.0 Å². The first-order chi connectivity index (χ1) is 11.5. The van der Waals surface area contributed by atoms with Gasteiger partial charge in [-0.15, -0.1) is 0 Å². The average molecular weight is 326 g/mol. The lowest BCUT2D eigenvalue weighted by Crippen LogP contribution is -2.53. The number of carbonyl (C=O) groups excluding carboxylic acids is 1. The van der Waals surface area contributed by atoms with Crippen LogP contribution < -0.4 is 11.1 Å². The van der Waals surface area contributed by atoms with Gasteiger partial charge in [0.15, 0.2) is 5.76 Å². The molecule has 4 heteroatoms. The zero-order valence-electron chi connectivity index (χ0n) is 14.5. The number of nitrogens with two attached hydrogens (primary N) is 1. The van der Waals surface area contributed by atoms with Crippen LogP contribution in [0.2, 0.25) is 0 Å². The van der Waals surface area contributed by atoms with Gasteiger partial charge in [-0.25, -0.2) is 0 Å². The molecule has 2 saturated carbocycles. The third kappa shape index (κ3) is 2.53. The molecule has 2 aliphatic rings. The molecule has 2 bridgehead atoms. The summed E-state index contributed by atoms with van der Waals surface area (Å²) in [7, 11) is 0. The Morgan fingerprint density at radius 1 is 1.21 bits per heavy atom. The minimum absolute atomic E-state index is 0.0690. The fraction of sp³-hybridized carbons (Fsp3) is 0.550. The van der Waals surface area contributed by atoms with Crippen molar-refractivity contribution >= 4 is 16.9 Å². The maximum atomic E-state index is 12.9. The summed E-state index contributed by atoms with van der Waals surface area (Å²) in [4.78, 5) is 12.9. The highest BCUT2D eigenvalue weighted by atomic mass is 16.3. The summed E-state index contributed by atoms with van der Waals surface area (Å²) in [5.41, 5.74) is 9.01. The van der Waals surface area contributed by atoms with Gasteiger partial charge in [0.25, 0.3) is 5.91 Å². The van der Waals surface area contributed by atoms with Crippen LogP contribution >= 0.6 is 0 Å². The Labute approximate surface area is 142 Å².